The van der Waals surface area contributed by atoms with Gasteiger partial charge in [0.1, 0.15) is 5.52 Å². The van der Waals surface area contributed by atoms with Crippen LogP contribution in [-0.2, 0) is 0 Å². The number of nitro groups is 1. The predicted octanol–water partition coefficient (Wildman–Crippen LogP) is 3.46. The van der Waals surface area contributed by atoms with Crippen LogP contribution < -0.4 is 5.32 Å². The van der Waals surface area contributed by atoms with Crippen LogP contribution in [-0.4, -0.2) is 28.8 Å². The summed E-state index contributed by atoms with van der Waals surface area (Å²) in [4.78, 5) is 14.0. The van der Waals surface area contributed by atoms with Crippen LogP contribution in [0.3, 0.4) is 0 Å². The number of pyridine rings is 1. The molecule has 0 aliphatic heterocycles. The van der Waals surface area contributed by atoms with Crippen molar-refractivity contribution in [3.63, 3.8) is 0 Å². The first-order valence-electron chi connectivity index (χ1n) is 5.75. The van der Waals surface area contributed by atoms with E-state index in [1.165, 1.54) is 30.5 Å². The summed E-state index contributed by atoms with van der Waals surface area (Å²) in [5.41, 5.74) is -0.228. The van der Waals surface area contributed by atoms with Gasteiger partial charge in [-0.1, -0.05) is 12.1 Å². The van der Waals surface area contributed by atoms with E-state index >= 15 is 0 Å². The molecule has 0 amide bonds. The van der Waals surface area contributed by atoms with Crippen molar-refractivity contribution in [2.24, 2.45) is 0 Å². The van der Waals surface area contributed by atoms with E-state index in [-0.39, 0.29) is 22.3 Å². The highest BCUT2D eigenvalue weighted by Gasteiger charge is 2.40. The number of hydrogen-bond acceptors (Lipinski definition) is 4. The number of benzene rings is 1. The van der Waals surface area contributed by atoms with Crippen LogP contribution >= 0.6 is 0 Å². The lowest BCUT2D eigenvalue weighted by molar-refractivity contribution is -0.383. The number of para-hydroxylation sites is 1. The number of nitro benzene ring substituents is 1. The highest BCUT2D eigenvalue weighted by molar-refractivity contribution is 5.96. The summed E-state index contributed by atoms with van der Waals surface area (Å²) >= 11 is 0. The molecule has 21 heavy (non-hydrogen) atoms. The number of hydrogen-bond donors (Lipinski definition) is 1. The smallest absolute Gasteiger partial charge is 0.324 e. The Balaban J connectivity index is 2.38. The minimum absolute atomic E-state index is 0.00661. The summed E-state index contributed by atoms with van der Waals surface area (Å²) < 4.78 is 50.0. The second-order valence-corrected chi connectivity index (χ2v) is 4.20. The lowest BCUT2D eigenvalue weighted by Gasteiger charge is -2.17. The third kappa shape index (κ3) is 3.01. The molecule has 1 N–H and O–H groups in total. The van der Waals surface area contributed by atoms with Gasteiger partial charge in [-0.25, -0.2) is 13.8 Å². The standard InChI is InChI=1S/C12H9F4N3O2/c13-11(14)12(15,16)6-18-8-4-5-17-10-7(8)2-1-3-9(10)19(20)21/h1-5,11H,6H2,(H,17,18). The van der Waals surface area contributed by atoms with E-state index in [4.69, 9.17) is 0 Å². The molecular weight excluding hydrogens is 294 g/mol. The molecule has 1 aromatic carbocycles. The lowest BCUT2D eigenvalue weighted by Crippen LogP contribution is -2.34. The van der Waals surface area contributed by atoms with Gasteiger partial charge in [-0.05, 0) is 6.07 Å². The third-order valence-corrected chi connectivity index (χ3v) is 2.78. The molecule has 0 bridgehead atoms. The van der Waals surface area contributed by atoms with Gasteiger partial charge in [0, 0.05) is 23.3 Å². The van der Waals surface area contributed by atoms with Gasteiger partial charge < -0.3 is 5.32 Å². The molecule has 9 heteroatoms. The highest BCUT2D eigenvalue weighted by Crippen LogP contribution is 2.30. The predicted molar refractivity (Wildman–Crippen MR) is 67.8 cm³/mol. The van der Waals surface area contributed by atoms with Crippen LogP contribution in [0.1, 0.15) is 0 Å². The Kier molecular flexibility index (Phi) is 3.92. The molecule has 0 aliphatic rings. The summed E-state index contributed by atoms with van der Waals surface area (Å²) in [6.45, 7) is -1.29. The lowest BCUT2D eigenvalue weighted by atomic mass is 10.1. The molecule has 5 nitrogen and oxygen atoms in total. The number of fused-ring (bicyclic) bond motifs is 1. The van der Waals surface area contributed by atoms with Gasteiger partial charge >= 0.3 is 12.3 Å². The molecule has 0 aliphatic carbocycles. The minimum Gasteiger partial charge on any atom is -0.378 e. The maximum Gasteiger partial charge on any atom is 0.324 e. The number of anilines is 1. The number of alkyl halides is 4. The second-order valence-electron chi connectivity index (χ2n) is 4.20. The van der Waals surface area contributed by atoms with Crippen LogP contribution in [0, 0.1) is 10.1 Å². The quantitative estimate of drug-likeness (QED) is 0.522. The number of aromatic nitrogens is 1. The monoisotopic (exact) mass is 303 g/mol. The largest absolute Gasteiger partial charge is 0.378 e. The van der Waals surface area contributed by atoms with Gasteiger partial charge in [-0.3, -0.25) is 10.1 Å². The van der Waals surface area contributed by atoms with Crippen LogP contribution in [0.5, 0.6) is 0 Å². The fourth-order valence-electron chi connectivity index (χ4n) is 1.75. The number of nitrogens with one attached hydrogen (secondary N) is 1. The molecule has 1 heterocycles. The Labute approximate surface area is 115 Å². The van der Waals surface area contributed by atoms with Gasteiger partial charge in [0.05, 0.1) is 11.5 Å². The first-order valence-corrected chi connectivity index (χ1v) is 5.75. The summed E-state index contributed by atoms with van der Waals surface area (Å²) in [7, 11) is 0. The average molecular weight is 303 g/mol. The van der Waals surface area contributed by atoms with Crippen molar-refractivity contribution < 1.29 is 22.5 Å². The fourth-order valence-corrected chi connectivity index (χ4v) is 1.75. The molecule has 2 rings (SSSR count). The first kappa shape index (κ1) is 14.9. The summed E-state index contributed by atoms with van der Waals surface area (Å²) in [5, 5.41) is 13.2. The number of rotatable bonds is 5. The molecule has 0 radical (unpaired) electrons. The van der Waals surface area contributed by atoms with Crippen LogP contribution in [0.2, 0.25) is 0 Å². The topological polar surface area (TPSA) is 68.1 Å². The fraction of sp³-hybridized carbons (Fsp3) is 0.250. The average Bonchev–Trinajstić information content (AvgIpc) is 2.44. The molecule has 0 saturated heterocycles. The van der Waals surface area contributed by atoms with E-state index in [1.54, 1.807) is 0 Å². The van der Waals surface area contributed by atoms with Gasteiger partial charge in [0.2, 0.25) is 0 Å². The Morgan fingerprint density at radius 1 is 1.33 bits per heavy atom. The van der Waals surface area contributed by atoms with Crippen molar-refractivity contribution in [2.45, 2.75) is 12.3 Å². The summed E-state index contributed by atoms with van der Waals surface area (Å²) in [5.74, 6) is -4.20. The first-order chi connectivity index (χ1) is 9.83. The second kappa shape index (κ2) is 5.51. The Bertz CT molecular complexity index is 679. The number of nitrogens with zero attached hydrogens (tertiary/aromatic N) is 2. The van der Waals surface area contributed by atoms with Crippen LogP contribution in [0.4, 0.5) is 28.9 Å². The van der Waals surface area contributed by atoms with Gasteiger partial charge in [-0.2, -0.15) is 8.78 Å². The molecule has 0 saturated carbocycles. The normalized spacial score (nSPS) is 11.9. The van der Waals surface area contributed by atoms with Crippen molar-refractivity contribution in [1.29, 1.82) is 0 Å². The minimum atomic E-state index is -4.20. The van der Waals surface area contributed by atoms with E-state index in [2.05, 4.69) is 10.3 Å². The summed E-state index contributed by atoms with van der Waals surface area (Å²) in [6.07, 6.45) is -2.62. The molecule has 0 unspecified atom stereocenters. The molecule has 0 spiro atoms. The van der Waals surface area contributed by atoms with E-state index in [9.17, 15) is 27.7 Å². The summed E-state index contributed by atoms with van der Waals surface area (Å²) in [6, 6.07) is 5.29. The highest BCUT2D eigenvalue weighted by atomic mass is 19.3. The van der Waals surface area contributed by atoms with Gasteiger partial charge in [0.25, 0.3) is 5.69 Å². The van der Waals surface area contributed by atoms with Crippen molar-refractivity contribution in [3.05, 3.63) is 40.6 Å². The van der Waals surface area contributed by atoms with Crippen molar-refractivity contribution in [3.8, 4) is 0 Å². The van der Waals surface area contributed by atoms with E-state index in [0.717, 1.165) is 0 Å². The van der Waals surface area contributed by atoms with Crippen molar-refractivity contribution in [1.82, 2.24) is 4.98 Å². The molecule has 1 aromatic heterocycles. The Morgan fingerprint density at radius 3 is 2.67 bits per heavy atom. The third-order valence-electron chi connectivity index (χ3n) is 2.78. The molecule has 0 atom stereocenters. The maximum absolute atomic E-state index is 12.9. The van der Waals surface area contributed by atoms with Gasteiger partial charge in [-0.15, -0.1) is 0 Å². The zero-order valence-corrected chi connectivity index (χ0v) is 10.4. The number of halogens is 4. The van der Waals surface area contributed by atoms with Gasteiger partial charge in [0.15, 0.2) is 0 Å². The molecule has 2 aromatic rings. The maximum atomic E-state index is 12.9. The van der Waals surface area contributed by atoms with Crippen LogP contribution in [0.15, 0.2) is 30.5 Å². The van der Waals surface area contributed by atoms with E-state index in [0.29, 0.717) is 0 Å². The molecular formula is C12H9F4N3O2. The molecule has 112 valence electrons. The van der Waals surface area contributed by atoms with Crippen molar-refractivity contribution >= 4 is 22.3 Å². The zero-order chi connectivity index (χ0) is 15.6. The van der Waals surface area contributed by atoms with E-state index in [1.807, 2.05) is 0 Å². The zero-order valence-electron chi connectivity index (χ0n) is 10.4. The van der Waals surface area contributed by atoms with Crippen LogP contribution in [0.25, 0.3) is 10.9 Å². The number of non-ortho nitro benzene ring substituents is 1. The Hall–Kier alpha value is -2.45. The van der Waals surface area contributed by atoms with E-state index < -0.39 is 23.8 Å². The Morgan fingerprint density at radius 2 is 2.05 bits per heavy atom. The molecule has 0 fully saturated rings. The van der Waals surface area contributed by atoms with Crippen molar-refractivity contribution in [2.75, 3.05) is 11.9 Å². The SMILES string of the molecule is O=[N+]([O-])c1cccc2c(NCC(F)(F)C(F)F)ccnc12.